The van der Waals surface area contributed by atoms with Gasteiger partial charge in [0.25, 0.3) is 0 Å². The Morgan fingerprint density at radius 1 is 0.833 bits per heavy atom. The second kappa shape index (κ2) is 4.10. The molecule has 3 heteroatoms. The third-order valence-electron chi connectivity index (χ3n) is 3.45. The van der Waals surface area contributed by atoms with Crippen molar-refractivity contribution in [1.82, 2.24) is 0 Å². The largest absolute Gasteiger partial charge is 0.457 e. The molecule has 1 heterocycles. The van der Waals surface area contributed by atoms with Gasteiger partial charge in [0.05, 0.1) is 0 Å². The molecule has 0 fully saturated rings. The molecule has 92 valence electrons. The van der Waals surface area contributed by atoms with Crippen molar-refractivity contribution in [3.8, 4) is 11.5 Å². The van der Waals surface area contributed by atoms with Crippen LogP contribution in [0.15, 0.2) is 45.3 Å². The summed E-state index contributed by atoms with van der Waals surface area (Å²) in [5, 5.41) is 0. The third-order valence-corrected chi connectivity index (χ3v) is 4.44. The first-order valence-electron chi connectivity index (χ1n) is 5.76. The lowest BCUT2D eigenvalue weighted by molar-refractivity contribution is 0.417. The molecule has 18 heavy (non-hydrogen) atoms. The Hall–Kier alpha value is -0.800. The molecule has 0 saturated carbocycles. The molecule has 0 radical (unpaired) electrons. The van der Waals surface area contributed by atoms with E-state index in [1.54, 1.807) is 0 Å². The minimum absolute atomic E-state index is 0.0591. The van der Waals surface area contributed by atoms with E-state index in [0.717, 1.165) is 20.4 Å². The Bertz CT molecular complexity index is 579. The van der Waals surface area contributed by atoms with Gasteiger partial charge in [-0.05, 0) is 36.4 Å². The summed E-state index contributed by atoms with van der Waals surface area (Å²) >= 11 is 7.06. The van der Waals surface area contributed by atoms with Crippen LogP contribution in [0.3, 0.4) is 0 Å². The summed E-state index contributed by atoms with van der Waals surface area (Å²) in [7, 11) is 0. The van der Waals surface area contributed by atoms with Gasteiger partial charge in [-0.3, -0.25) is 0 Å². The summed E-state index contributed by atoms with van der Waals surface area (Å²) in [6, 6.07) is 12.3. The van der Waals surface area contributed by atoms with Crippen molar-refractivity contribution >= 4 is 31.9 Å². The first-order valence-corrected chi connectivity index (χ1v) is 7.35. The zero-order valence-corrected chi connectivity index (χ0v) is 13.3. The summed E-state index contributed by atoms with van der Waals surface area (Å²) in [5.74, 6) is 1.89. The summed E-state index contributed by atoms with van der Waals surface area (Å²) in [6.45, 7) is 4.46. The fraction of sp³-hybridized carbons (Fsp3) is 0.200. The number of hydrogen-bond donors (Lipinski definition) is 0. The van der Waals surface area contributed by atoms with Crippen LogP contribution in [0.4, 0.5) is 0 Å². The van der Waals surface area contributed by atoms with Crippen LogP contribution in [0, 0.1) is 0 Å². The molecule has 0 bridgehead atoms. The molecule has 2 aromatic rings. The predicted octanol–water partition coefficient (Wildman–Crippen LogP) is 5.64. The van der Waals surface area contributed by atoms with E-state index in [1.165, 1.54) is 11.1 Å². The van der Waals surface area contributed by atoms with Gasteiger partial charge in [-0.1, -0.05) is 45.7 Å². The molecule has 0 spiro atoms. The minimum atomic E-state index is -0.0591. The lowest BCUT2D eigenvalue weighted by Gasteiger charge is -2.34. The predicted molar refractivity (Wildman–Crippen MR) is 80.5 cm³/mol. The number of rotatable bonds is 0. The highest BCUT2D eigenvalue weighted by Crippen LogP contribution is 2.48. The van der Waals surface area contributed by atoms with Gasteiger partial charge in [0, 0.05) is 25.5 Å². The lowest BCUT2D eigenvalue weighted by Crippen LogP contribution is -2.24. The van der Waals surface area contributed by atoms with Crippen LogP contribution in [0.25, 0.3) is 0 Å². The van der Waals surface area contributed by atoms with E-state index < -0.39 is 0 Å². The average molecular weight is 368 g/mol. The fourth-order valence-corrected chi connectivity index (χ4v) is 3.14. The van der Waals surface area contributed by atoms with E-state index in [0.29, 0.717) is 0 Å². The van der Waals surface area contributed by atoms with Gasteiger partial charge in [-0.25, -0.2) is 0 Å². The lowest BCUT2D eigenvalue weighted by atomic mass is 9.76. The molecule has 0 aromatic heterocycles. The van der Waals surface area contributed by atoms with Crippen LogP contribution in [-0.2, 0) is 5.41 Å². The summed E-state index contributed by atoms with van der Waals surface area (Å²) < 4.78 is 8.14. The Morgan fingerprint density at radius 2 is 1.28 bits per heavy atom. The molecule has 0 amide bonds. The Morgan fingerprint density at radius 3 is 1.72 bits per heavy atom. The maximum absolute atomic E-state index is 5.98. The van der Waals surface area contributed by atoms with Gasteiger partial charge in [-0.15, -0.1) is 0 Å². The zero-order chi connectivity index (χ0) is 12.9. The summed E-state index contributed by atoms with van der Waals surface area (Å²) in [6.07, 6.45) is 0. The van der Waals surface area contributed by atoms with Crippen molar-refractivity contribution in [3.63, 3.8) is 0 Å². The summed E-state index contributed by atoms with van der Waals surface area (Å²) in [5.41, 5.74) is 2.36. The number of ether oxygens (including phenoxy) is 1. The van der Waals surface area contributed by atoms with E-state index in [-0.39, 0.29) is 5.41 Å². The van der Waals surface area contributed by atoms with Crippen molar-refractivity contribution in [2.24, 2.45) is 0 Å². The van der Waals surface area contributed by atoms with Crippen LogP contribution in [0.5, 0.6) is 11.5 Å². The third kappa shape index (κ3) is 1.81. The zero-order valence-electron chi connectivity index (χ0n) is 10.1. The smallest absolute Gasteiger partial charge is 0.131 e. The van der Waals surface area contributed by atoms with Gasteiger partial charge in [0.1, 0.15) is 11.5 Å². The number of benzene rings is 2. The van der Waals surface area contributed by atoms with E-state index >= 15 is 0 Å². The maximum atomic E-state index is 5.98. The highest BCUT2D eigenvalue weighted by Gasteiger charge is 2.34. The molecule has 0 atom stereocenters. The maximum Gasteiger partial charge on any atom is 0.131 e. The first kappa shape index (κ1) is 12.2. The number of halogens is 2. The van der Waals surface area contributed by atoms with Gasteiger partial charge in [0.2, 0.25) is 0 Å². The van der Waals surface area contributed by atoms with Crippen LogP contribution >= 0.6 is 31.9 Å². The monoisotopic (exact) mass is 366 g/mol. The Labute approximate surface area is 123 Å². The Kier molecular flexibility index (Phi) is 2.79. The molecule has 3 rings (SSSR count). The molecule has 1 aliphatic rings. The molecule has 0 saturated heterocycles. The van der Waals surface area contributed by atoms with Crippen molar-refractivity contribution in [1.29, 1.82) is 0 Å². The van der Waals surface area contributed by atoms with E-state index in [1.807, 2.05) is 24.3 Å². The van der Waals surface area contributed by atoms with Crippen molar-refractivity contribution in [2.75, 3.05) is 0 Å². The van der Waals surface area contributed by atoms with Gasteiger partial charge in [-0.2, -0.15) is 0 Å². The highest BCUT2D eigenvalue weighted by atomic mass is 79.9. The number of hydrogen-bond acceptors (Lipinski definition) is 1. The van der Waals surface area contributed by atoms with Crippen molar-refractivity contribution in [2.45, 2.75) is 19.3 Å². The standard InChI is InChI=1S/C15H12Br2O/c1-15(2)11-7-9(16)3-5-13(11)18-14-6-4-10(17)8-12(14)15/h3-8H,1-2H3. The van der Waals surface area contributed by atoms with Gasteiger partial charge >= 0.3 is 0 Å². The quantitative estimate of drug-likeness (QED) is 0.585. The van der Waals surface area contributed by atoms with Crippen molar-refractivity contribution < 1.29 is 4.74 Å². The van der Waals surface area contributed by atoms with Crippen molar-refractivity contribution in [3.05, 3.63) is 56.5 Å². The topological polar surface area (TPSA) is 9.23 Å². The van der Waals surface area contributed by atoms with E-state index in [2.05, 4.69) is 57.8 Å². The molecule has 0 N–H and O–H groups in total. The molecule has 0 unspecified atom stereocenters. The van der Waals surface area contributed by atoms with E-state index in [9.17, 15) is 0 Å². The average Bonchev–Trinajstić information content (AvgIpc) is 2.32. The second-order valence-corrected chi connectivity index (χ2v) is 6.84. The fourth-order valence-electron chi connectivity index (χ4n) is 2.42. The number of fused-ring (bicyclic) bond motifs is 2. The van der Waals surface area contributed by atoms with Crippen LogP contribution in [0.1, 0.15) is 25.0 Å². The SMILES string of the molecule is CC1(C)c2cc(Br)ccc2Oc2ccc(Br)cc21. The van der Waals surface area contributed by atoms with Gasteiger partial charge < -0.3 is 4.74 Å². The first-order chi connectivity index (χ1) is 8.48. The second-order valence-electron chi connectivity index (χ2n) is 5.01. The minimum Gasteiger partial charge on any atom is -0.457 e. The highest BCUT2D eigenvalue weighted by molar-refractivity contribution is 9.10. The molecular weight excluding hydrogens is 356 g/mol. The normalized spacial score (nSPS) is 15.6. The van der Waals surface area contributed by atoms with E-state index in [4.69, 9.17) is 4.74 Å². The van der Waals surface area contributed by atoms with Gasteiger partial charge in [0.15, 0.2) is 0 Å². The molecule has 0 aliphatic carbocycles. The van der Waals surface area contributed by atoms with Crippen LogP contribution in [0.2, 0.25) is 0 Å². The molecule has 1 aliphatic heterocycles. The summed E-state index contributed by atoms with van der Waals surface area (Å²) in [4.78, 5) is 0. The molecule has 2 aromatic carbocycles. The molecular formula is C15H12Br2O. The van der Waals surface area contributed by atoms with Crippen LogP contribution in [-0.4, -0.2) is 0 Å². The van der Waals surface area contributed by atoms with Crippen LogP contribution < -0.4 is 4.74 Å². The Balaban J connectivity index is 2.27. The molecule has 1 nitrogen and oxygen atoms in total.